The summed E-state index contributed by atoms with van der Waals surface area (Å²) in [7, 11) is 3.26. The molecule has 1 unspecified atom stereocenters. The number of fused-ring (bicyclic) bond motifs is 1. The lowest BCUT2D eigenvalue weighted by Gasteiger charge is -2.30. The number of hydrogen-bond acceptors (Lipinski definition) is 5. The zero-order chi connectivity index (χ0) is 20.4. The predicted octanol–water partition coefficient (Wildman–Crippen LogP) is 4.53. The van der Waals surface area contributed by atoms with Crippen LogP contribution in [0.3, 0.4) is 0 Å². The summed E-state index contributed by atoms with van der Waals surface area (Å²) < 4.78 is 10.9. The Labute approximate surface area is 175 Å². The van der Waals surface area contributed by atoms with Crippen molar-refractivity contribution >= 4 is 22.5 Å². The van der Waals surface area contributed by atoms with Gasteiger partial charge in [0.2, 0.25) is 0 Å². The lowest BCUT2D eigenvalue weighted by atomic mass is 10.0. The molecule has 0 saturated carbocycles. The van der Waals surface area contributed by atoms with Gasteiger partial charge in [0.25, 0.3) is 0 Å². The van der Waals surface area contributed by atoms with Gasteiger partial charge in [0, 0.05) is 35.1 Å². The minimum Gasteiger partial charge on any atom is -0.493 e. The Morgan fingerprint density at radius 1 is 1.14 bits per heavy atom. The fourth-order valence-corrected chi connectivity index (χ4v) is 4.16. The molecule has 6 heteroatoms. The van der Waals surface area contributed by atoms with Gasteiger partial charge in [-0.05, 0) is 49.2 Å². The van der Waals surface area contributed by atoms with Crippen LogP contribution in [0.25, 0.3) is 22.2 Å². The average molecular weight is 413 g/mol. The van der Waals surface area contributed by atoms with Gasteiger partial charge in [-0.15, -0.1) is 0 Å². The van der Waals surface area contributed by atoms with E-state index < -0.39 is 0 Å². The van der Waals surface area contributed by atoms with E-state index in [0.717, 1.165) is 53.7 Å². The summed E-state index contributed by atoms with van der Waals surface area (Å²) in [4.78, 5) is 7.26. The largest absolute Gasteiger partial charge is 0.493 e. The van der Waals surface area contributed by atoms with Crippen molar-refractivity contribution in [2.45, 2.75) is 25.5 Å². The molecule has 4 rings (SSSR count). The fourth-order valence-electron chi connectivity index (χ4n) is 3.97. The third-order valence-corrected chi connectivity index (χ3v) is 5.61. The molecule has 0 aliphatic carbocycles. The van der Waals surface area contributed by atoms with E-state index in [0.29, 0.717) is 23.1 Å². The Morgan fingerprint density at radius 2 is 1.93 bits per heavy atom. The third kappa shape index (κ3) is 4.32. The summed E-state index contributed by atoms with van der Waals surface area (Å²) in [6.07, 6.45) is 1.60. The van der Waals surface area contributed by atoms with E-state index in [4.69, 9.17) is 26.1 Å². The summed E-state index contributed by atoms with van der Waals surface area (Å²) >= 11 is 6.26. The summed E-state index contributed by atoms with van der Waals surface area (Å²) in [5.74, 6) is 1.33. The van der Waals surface area contributed by atoms with Crippen LogP contribution in [0.1, 0.15) is 18.4 Å². The van der Waals surface area contributed by atoms with E-state index >= 15 is 0 Å². The lowest BCUT2D eigenvalue weighted by Crippen LogP contribution is -2.37. The van der Waals surface area contributed by atoms with Gasteiger partial charge in [0.15, 0.2) is 11.5 Å². The van der Waals surface area contributed by atoms with Gasteiger partial charge in [-0.1, -0.05) is 23.7 Å². The molecule has 1 aliphatic rings. The number of rotatable bonds is 5. The Balaban J connectivity index is 1.84. The van der Waals surface area contributed by atoms with Crippen molar-refractivity contribution in [3.8, 4) is 22.8 Å². The van der Waals surface area contributed by atoms with Crippen molar-refractivity contribution in [3.63, 3.8) is 0 Å². The quantitative estimate of drug-likeness (QED) is 0.667. The summed E-state index contributed by atoms with van der Waals surface area (Å²) in [6.45, 7) is 2.37. The Morgan fingerprint density at radius 3 is 2.66 bits per heavy atom. The molecule has 152 valence electrons. The first-order chi connectivity index (χ1) is 14.1. The van der Waals surface area contributed by atoms with Gasteiger partial charge in [-0.3, -0.25) is 4.90 Å². The van der Waals surface area contributed by atoms with E-state index in [9.17, 15) is 5.11 Å². The number of benzene rings is 2. The van der Waals surface area contributed by atoms with E-state index in [2.05, 4.69) is 11.0 Å². The van der Waals surface area contributed by atoms with Crippen LogP contribution in [0.5, 0.6) is 11.5 Å². The second kappa shape index (κ2) is 8.57. The number of methoxy groups -OCH3 is 2. The minimum atomic E-state index is -0.267. The van der Waals surface area contributed by atoms with Gasteiger partial charge in [0.05, 0.1) is 31.5 Å². The highest BCUT2D eigenvalue weighted by Gasteiger charge is 2.20. The molecule has 0 spiro atoms. The number of halogens is 1. The van der Waals surface area contributed by atoms with Crippen molar-refractivity contribution in [2.75, 3.05) is 27.3 Å². The fraction of sp³-hybridized carbons (Fsp3) is 0.348. The number of aromatic nitrogens is 1. The molecule has 1 aliphatic heterocycles. The van der Waals surface area contributed by atoms with E-state index in [1.54, 1.807) is 14.2 Å². The third-order valence-electron chi connectivity index (χ3n) is 5.37. The van der Waals surface area contributed by atoms with Crippen LogP contribution in [0.15, 0.2) is 42.5 Å². The second-order valence-electron chi connectivity index (χ2n) is 7.44. The van der Waals surface area contributed by atoms with Crippen molar-refractivity contribution in [2.24, 2.45) is 0 Å². The SMILES string of the molecule is COc1cc2cc(CN3CCCC(O)C3)c(-c3cccc(Cl)c3)nc2cc1OC. The Bertz CT molecular complexity index is 1020. The topological polar surface area (TPSA) is 54.8 Å². The van der Waals surface area contributed by atoms with Crippen LogP contribution in [-0.2, 0) is 6.54 Å². The molecule has 1 aromatic heterocycles. The molecule has 0 amide bonds. The number of piperidine rings is 1. The molecular formula is C23H25ClN2O3. The van der Waals surface area contributed by atoms with Crippen LogP contribution < -0.4 is 9.47 Å². The zero-order valence-corrected chi connectivity index (χ0v) is 17.4. The molecule has 2 aromatic carbocycles. The predicted molar refractivity (Wildman–Crippen MR) is 116 cm³/mol. The molecule has 1 atom stereocenters. The minimum absolute atomic E-state index is 0.267. The smallest absolute Gasteiger partial charge is 0.162 e. The average Bonchev–Trinajstić information content (AvgIpc) is 2.72. The van der Waals surface area contributed by atoms with Crippen molar-refractivity contribution in [3.05, 3.63) is 53.1 Å². The number of ether oxygens (including phenoxy) is 2. The van der Waals surface area contributed by atoms with E-state index in [-0.39, 0.29) is 6.10 Å². The number of pyridine rings is 1. The van der Waals surface area contributed by atoms with Crippen LogP contribution in [0, 0.1) is 0 Å². The molecule has 2 heterocycles. The zero-order valence-electron chi connectivity index (χ0n) is 16.7. The molecule has 1 N–H and O–H groups in total. The standard InChI is InChI=1S/C23H25ClN2O3/c1-28-21-11-16-9-17(13-26-8-4-7-19(27)14-26)23(15-5-3-6-18(24)10-15)25-20(16)12-22(21)29-2/h3,5-6,9-12,19,27H,4,7-8,13-14H2,1-2H3. The van der Waals surface area contributed by atoms with Crippen LogP contribution in [-0.4, -0.2) is 48.4 Å². The van der Waals surface area contributed by atoms with Gasteiger partial charge in [-0.25, -0.2) is 4.98 Å². The van der Waals surface area contributed by atoms with E-state index in [1.165, 1.54) is 0 Å². The molecule has 29 heavy (non-hydrogen) atoms. The first-order valence-corrected chi connectivity index (χ1v) is 10.2. The maximum atomic E-state index is 10.1. The molecule has 0 radical (unpaired) electrons. The summed E-state index contributed by atoms with van der Waals surface area (Å²) in [6, 6.07) is 13.8. The van der Waals surface area contributed by atoms with Crippen LogP contribution >= 0.6 is 11.6 Å². The number of nitrogens with zero attached hydrogens (tertiary/aromatic N) is 2. The number of likely N-dealkylation sites (tertiary alicyclic amines) is 1. The molecule has 3 aromatic rings. The van der Waals surface area contributed by atoms with Gasteiger partial charge in [-0.2, -0.15) is 0 Å². The number of β-amino-alcohol motifs (C(OH)–C–C–N with tert-alkyl or cyclic N) is 1. The Hall–Kier alpha value is -2.34. The normalized spacial score (nSPS) is 17.4. The number of aliphatic hydroxyl groups excluding tert-OH is 1. The molecule has 0 bridgehead atoms. The molecule has 5 nitrogen and oxygen atoms in total. The Kier molecular flexibility index (Phi) is 5.90. The monoisotopic (exact) mass is 412 g/mol. The number of hydrogen-bond donors (Lipinski definition) is 1. The summed E-state index contributed by atoms with van der Waals surface area (Å²) in [5, 5.41) is 11.7. The highest BCUT2D eigenvalue weighted by molar-refractivity contribution is 6.30. The molecule has 1 saturated heterocycles. The highest BCUT2D eigenvalue weighted by Crippen LogP contribution is 2.35. The van der Waals surface area contributed by atoms with Gasteiger partial charge < -0.3 is 14.6 Å². The lowest BCUT2D eigenvalue weighted by molar-refractivity contribution is 0.0669. The van der Waals surface area contributed by atoms with Crippen molar-refractivity contribution < 1.29 is 14.6 Å². The molecular weight excluding hydrogens is 388 g/mol. The van der Waals surface area contributed by atoms with Gasteiger partial charge >= 0.3 is 0 Å². The first kappa shape index (κ1) is 20.0. The number of aliphatic hydroxyl groups is 1. The van der Waals surface area contributed by atoms with E-state index in [1.807, 2.05) is 36.4 Å². The van der Waals surface area contributed by atoms with Crippen molar-refractivity contribution in [1.82, 2.24) is 9.88 Å². The second-order valence-corrected chi connectivity index (χ2v) is 7.87. The summed E-state index contributed by atoms with van der Waals surface area (Å²) in [5.41, 5.74) is 3.80. The van der Waals surface area contributed by atoms with Crippen molar-refractivity contribution in [1.29, 1.82) is 0 Å². The maximum Gasteiger partial charge on any atom is 0.162 e. The van der Waals surface area contributed by atoms with Crippen LogP contribution in [0.4, 0.5) is 0 Å². The van der Waals surface area contributed by atoms with Gasteiger partial charge in [0.1, 0.15) is 0 Å². The molecule has 1 fully saturated rings. The maximum absolute atomic E-state index is 10.1. The first-order valence-electron chi connectivity index (χ1n) is 9.79. The highest BCUT2D eigenvalue weighted by atomic mass is 35.5. The van der Waals surface area contributed by atoms with Crippen LogP contribution in [0.2, 0.25) is 5.02 Å².